The SMILES string of the molecule is Cc1ccc(S(=O)(=O)N2CCCCC2C)cc1C(=O)NCC(c1ccccc1)N(C)C. The molecule has 0 spiro atoms. The second-order valence-electron chi connectivity index (χ2n) is 8.54. The minimum absolute atomic E-state index is 0.0200. The average molecular weight is 444 g/mol. The Morgan fingerprint density at radius 3 is 2.52 bits per heavy atom. The molecule has 6 nitrogen and oxygen atoms in total. The zero-order valence-electron chi connectivity index (χ0n) is 18.8. The van der Waals surface area contributed by atoms with E-state index in [2.05, 4.69) is 10.2 Å². The molecule has 1 aliphatic rings. The van der Waals surface area contributed by atoms with Crippen LogP contribution in [-0.2, 0) is 10.0 Å². The number of piperidine rings is 1. The third-order valence-electron chi connectivity index (χ3n) is 6.07. The van der Waals surface area contributed by atoms with Crippen LogP contribution in [0.3, 0.4) is 0 Å². The molecule has 0 radical (unpaired) electrons. The van der Waals surface area contributed by atoms with Gasteiger partial charge in [0, 0.05) is 24.7 Å². The van der Waals surface area contributed by atoms with Gasteiger partial charge in [-0.25, -0.2) is 8.42 Å². The minimum atomic E-state index is -3.63. The summed E-state index contributed by atoms with van der Waals surface area (Å²) < 4.78 is 28.0. The number of likely N-dealkylation sites (N-methyl/N-ethyl adjacent to an activating group) is 1. The highest BCUT2D eigenvalue weighted by Gasteiger charge is 2.31. The van der Waals surface area contributed by atoms with Gasteiger partial charge in [-0.05, 0) is 64.0 Å². The van der Waals surface area contributed by atoms with Crippen molar-refractivity contribution in [2.45, 2.75) is 50.1 Å². The smallest absolute Gasteiger partial charge is 0.251 e. The molecular formula is C24H33N3O3S. The maximum Gasteiger partial charge on any atom is 0.251 e. The molecule has 168 valence electrons. The monoisotopic (exact) mass is 443 g/mol. The first-order valence-electron chi connectivity index (χ1n) is 10.8. The number of carbonyl (C=O) groups is 1. The lowest BCUT2D eigenvalue weighted by molar-refractivity contribution is 0.0941. The summed E-state index contributed by atoms with van der Waals surface area (Å²) in [5, 5.41) is 3.00. The summed E-state index contributed by atoms with van der Waals surface area (Å²) in [6.45, 7) is 4.73. The van der Waals surface area contributed by atoms with Crippen molar-refractivity contribution in [2.75, 3.05) is 27.2 Å². The van der Waals surface area contributed by atoms with Crippen molar-refractivity contribution >= 4 is 15.9 Å². The highest BCUT2D eigenvalue weighted by molar-refractivity contribution is 7.89. The van der Waals surface area contributed by atoms with Crippen LogP contribution >= 0.6 is 0 Å². The van der Waals surface area contributed by atoms with Crippen LogP contribution in [-0.4, -0.2) is 56.8 Å². The zero-order chi connectivity index (χ0) is 22.6. The number of benzene rings is 2. The molecule has 0 aliphatic carbocycles. The van der Waals surface area contributed by atoms with Crippen LogP contribution in [0.15, 0.2) is 53.4 Å². The third-order valence-corrected chi connectivity index (χ3v) is 8.08. The second kappa shape index (κ2) is 9.94. The van der Waals surface area contributed by atoms with Crippen LogP contribution in [0.25, 0.3) is 0 Å². The van der Waals surface area contributed by atoms with E-state index in [0.29, 0.717) is 18.7 Å². The van der Waals surface area contributed by atoms with Crippen LogP contribution < -0.4 is 5.32 Å². The van der Waals surface area contributed by atoms with Crippen LogP contribution in [0.2, 0.25) is 0 Å². The Hall–Kier alpha value is -2.22. The minimum Gasteiger partial charge on any atom is -0.350 e. The van der Waals surface area contributed by atoms with Gasteiger partial charge < -0.3 is 10.2 Å². The average Bonchev–Trinajstić information content (AvgIpc) is 2.74. The van der Waals surface area contributed by atoms with Gasteiger partial charge in [-0.2, -0.15) is 4.31 Å². The Balaban J connectivity index is 1.80. The molecule has 3 rings (SSSR count). The van der Waals surface area contributed by atoms with Gasteiger partial charge in [-0.15, -0.1) is 0 Å². The standard InChI is InChI=1S/C24H33N3O3S/c1-18-13-14-21(31(29,30)27-15-9-8-10-19(27)2)16-22(18)24(28)25-17-23(26(3)4)20-11-6-5-7-12-20/h5-7,11-14,16,19,23H,8-10,15,17H2,1-4H3,(H,25,28). The van der Waals surface area contributed by atoms with E-state index in [-0.39, 0.29) is 22.9 Å². The predicted octanol–water partition coefficient (Wildman–Crippen LogP) is 3.59. The number of amides is 1. The number of carbonyl (C=O) groups excluding carboxylic acids is 1. The number of rotatable bonds is 7. The molecule has 0 aromatic heterocycles. The molecule has 0 saturated carbocycles. The van der Waals surface area contributed by atoms with Crippen molar-refractivity contribution in [1.82, 2.24) is 14.5 Å². The summed E-state index contributed by atoms with van der Waals surface area (Å²) in [6, 6.07) is 14.8. The van der Waals surface area contributed by atoms with Crippen LogP contribution in [0.5, 0.6) is 0 Å². The number of aryl methyl sites for hydroxylation is 1. The molecule has 2 aromatic rings. The molecule has 2 atom stereocenters. The molecule has 1 aliphatic heterocycles. The molecule has 1 N–H and O–H groups in total. The predicted molar refractivity (Wildman–Crippen MR) is 124 cm³/mol. The molecule has 7 heteroatoms. The first-order valence-corrected chi connectivity index (χ1v) is 12.3. The van der Waals surface area contributed by atoms with E-state index in [4.69, 9.17) is 0 Å². The second-order valence-corrected chi connectivity index (χ2v) is 10.4. The van der Waals surface area contributed by atoms with Crippen molar-refractivity contribution in [3.05, 3.63) is 65.2 Å². The van der Waals surface area contributed by atoms with E-state index >= 15 is 0 Å². The lowest BCUT2D eigenvalue weighted by atomic mass is 10.1. The van der Waals surface area contributed by atoms with Crippen molar-refractivity contribution in [3.8, 4) is 0 Å². The summed E-state index contributed by atoms with van der Waals surface area (Å²) in [7, 11) is 0.322. The maximum absolute atomic E-state index is 13.2. The number of nitrogens with one attached hydrogen (secondary N) is 1. The zero-order valence-corrected chi connectivity index (χ0v) is 19.7. The van der Waals surface area contributed by atoms with Crippen molar-refractivity contribution in [3.63, 3.8) is 0 Å². The Bertz CT molecular complexity index is 1010. The van der Waals surface area contributed by atoms with Gasteiger partial charge in [0.15, 0.2) is 0 Å². The number of sulfonamides is 1. The van der Waals surface area contributed by atoms with E-state index < -0.39 is 10.0 Å². The van der Waals surface area contributed by atoms with Gasteiger partial charge in [0.2, 0.25) is 10.0 Å². The van der Waals surface area contributed by atoms with Gasteiger partial charge >= 0.3 is 0 Å². The maximum atomic E-state index is 13.2. The van der Waals surface area contributed by atoms with E-state index in [9.17, 15) is 13.2 Å². The molecule has 31 heavy (non-hydrogen) atoms. The van der Waals surface area contributed by atoms with Gasteiger partial charge in [-0.1, -0.05) is 42.8 Å². The Kier molecular flexibility index (Phi) is 7.51. The van der Waals surface area contributed by atoms with Crippen LogP contribution in [0.4, 0.5) is 0 Å². The molecule has 1 heterocycles. The Labute approximate surface area is 186 Å². The van der Waals surface area contributed by atoms with Gasteiger partial charge in [0.05, 0.1) is 10.9 Å². The largest absolute Gasteiger partial charge is 0.350 e. The summed E-state index contributed by atoms with van der Waals surface area (Å²) in [5.41, 5.74) is 2.26. The highest BCUT2D eigenvalue weighted by Crippen LogP contribution is 2.26. The Morgan fingerprint density at radius 1 is 1.16 bits per heavy atom. The normalized spacial score (nSPS) is 18.7. The fourth-order valence-corrected chi connectivity index (χ4v) is 5.86. The van der Waals surface area contributed by atoms with Gasteiger partial charge in [-0.3, -0.25) is 4.79 Å². The lowest BCUT2D eigenvalue weighted by Crippen LogP contribution is -2.42. The van der Waals surface area contributed by atoms with Crippen LogP contribution in [0, 0.1) is 6.92 Å². The summed E-state index contributed by atoms with van der Waals surface area (Å²) >= 11 is 0. The molecular weight excluding hydrogens is 410 g/mol. The molecule has 2 aromatic carbocycles. The summed E-state index contributed by atoms with van der Waals surface area (Å²) in [4.78, 5) is 15.2. The molecule has 1 saturated heterocycles. The van der Waals surface area contributed by atoms with E-state index in [1.807, 2.05) is 58.3 Å². The Morgan fingerprint density at radius 2 is 1.87 bits per heavy atom. The third kappa shape index (κ3) is 5.34. The van der Waals surface area contributed by atoms with E-state index in [0.717, 1.165) is 30.4 Å². The molecule has 1 amide bonds. The molecule has 0 bridgehead atoms. The number of nitrogens with zero attached hydrogens (tertiary/aromatic N) is 2. The van der Waals surface area contributed by atoms with Gasteiger partial charge in [0.25, 0.3) is 5.91 Å². The molecule has 2 unspecified atom stereocenters. The van der Waals surface area contributed by atoms with Crippen LogP contribution in [0.1, 0.15) is 53.7 Å². The fourth-order valence-electron chi connectivity index (χ4n) is 4.13. The quantitative estimate of drug-likeness (QED) is 0.710. The van der Waals surface area contributed by atoms with Crippen molar-refractivity contribution in [1.29, 1.82) is 0 Å². The van der Waals surface area contributed by atoms with Crippen molar-refractivity contribution < 1.29 is 13.2 Å². The van der Waals surface area contributed by atoms with E-state index in [1.165, 1.54) is 6.07 Å². The fraction of sp³-hybridized carbons (Fsp3) is 0.458. The summed E-state index contributed by atoms with van der Waals surface area (Å²) in [5.74, 6) is -0.260. The lowest BCUT2D eigenvalue weighted by Gasteiger charge is -2.32. The first-order chi connectivity index (χ1) is 14.7. The number of hydrogen-bond donors (Lipinski definition) is 1. The summed E-state index contributed by atoms with van der Waals surface area (Å²) in [6.07, 6.45) is 2.78. The first kappa shape index (κ1) is 23.4. The number of hydrogen-bond acceptors (Lipinski definition) is 4. The highest BCUT2D eigenvalue weighted by atomic mass is 32.2. The van der Waals surface area contributed by atoms with Crippen molar-refractivity contribution in [2.24, 2.45) is 0 Å². The molecule has 1 fully saturated rings. The topological polar surface area (TPSA) is 69.7 Å². The van der Waals surface area contributed by atoms with E-state index in [1.54, 1.807) is 16.4 Å². The van der Waals surface area contributed by atoms with Gasteiger partial charge in [0.1, 0.15) is 0 Å².